The Balaban J connectivity index is 2.27. The Morgan fingerprint density at radius 1 is 1.25 bits per heavy atom. The van der Waals surface area contributed by atoms with Gasteiger partial charge in [-0.2, -0.15) is 0 Å². The zero-order valence-electron chi connectivity index (χ0n) is 14.8. The number of hydrogen-bond donors (Lipinski definition) is 0. The van der Waals surface area contributed by atoms with E-state index in [4.69, 9.17) is 18.5 Å². The second-order valence-corrected chi connectivity index (χ2v) is 9.80. The number of cyclic esters (lactones) is 1. The highest BCUT2D eigenvalue weighted by Crippen LogP contribution is 2.60. The van der Waals surface area contributed by atoms with Gasteiger partial charge in [-0.15, -0.1) is 0 Å². The molecule has 0 unspecified atom stereocenters. The van der Waals surface area contributed by atoms with Crippen molar-refractivity contribution in [3.8, 4) is 0 Å². The van der Waals surface area contributed by atoms with E-state index in [0.717, 1.165) is 19.3 Å². The number of halogens is 1. The first-order valence-corrected chi connectivity index (χ1v) is 10.5. The molecule has 0 bridgehead atoms. The first-order valence-electron chi connectivity index (χ1n) is 8.21. The van der Waals surface area contributed by atoms with E-state index in [1.165, 1.54) is 14.2 Å². The Hall–Kier alpha value is -0.200. The first kappa shape index (κ1) is 20.1. The molecule has 1 saturated carbocycles. The molecule has 0 spiro atoms. The van der Waals surface area contributed by atoms with E-state index in [1.54, 1.807) is 0 Å². The number of esters is 1. The lowest BCUT2D eigenvalue weighted by atomic mass is 9.75. The van der Waals surface area contributed by atoms with E-state index in [0.29, 0.717) is 17.8 Å². The van der Waals surface area contributed by atoms with Crippen LogP contribution in [0.5, 0.6) is 0 Å². The Morgan fingerprint density at radius 2 is 1.88 bits per heavy atom. The normalized spacial score (nSPS) is 31.7. The number of hydrogen-bond acceptors (Lipinski definition) is 6. The molecule has 0 radical (unpaired) electrons. The molecule has 24 heavy (non-hydrogen) atoms. The lowest BCUT2D eigenvalue weighted by Gasteiger charge is -2.38. The van der Waals surface area contributed by atoms with Gasteiger partial charge in [-0.25, -0.2) is 4.79 Å². The van der Waals surface area contributed by atoms with Gasteiger partial charge in [0.25, 0.3) is 0 Å². The summed E-state index contributed by atoms with van der Waals surface area (Å²) in [5, 5.41) is 0.109. The Kier molecular flexibility index (Phi) is 6.71. The van der Waals surface area contributed by atoms with Crippen molar-refractivity contribution < 1.29 is 27.9 Å². The quantitative estimate of drug-likeness (QED) is 0.463. The van der Waals surface area contributed by atoms with Crippen LogP contribution in [0.3, 0.4) is 0 Å². The molecule has 0 N–H and O–H groups in total. The molecule has 6 nitrogen and oxygen atoms in total. The summed E-state index contributed by atoms with van der Waals surface area (Å²) in [6, 6.07) is 0. The summed E-state index contributed by atoms with van der Waals surface area (Å²) >= 11 is 3.14. The van der Waals surface area contributed by atoms with Crippen LogP contribution in [-0.2, 0) is 27.9 Å². The highest BCUT2D eigenvalue weighted by molar-refractivity contribution is 9.12. The highest BCUT2D eigenvalue weighted by atomic mass is 79.9. The molecular formula is C16H26BrO6P. The summed E-state index contributed by atoms with van der Waals surface area (Å²) in [7, 11) is -1.09. The van der Waals surface area contributed by atoms with Crippen LogP contribution in [0.15, 0.2) is 9.80 Å². The maximum atomic E-state index is 12.8. The average molecular weight is 425 g/mol. The Bertz CT molecular complexity index is 553. The molecule has 1 aliphatic carbocycles. The van der Waals surface area contributed by atoms with Gasteiger partial charge in [0.1, 0.15) is 9.80 Å². The van der Waals surface area contributed by atoms with Crippen molar-refractivity contribution in [1.29, 1.82) is 0 Å². The van der Waals surface area contributed by atoms with Crippen LogP contribution >= 0.6 is 23.5 Å². The molecule has 2 rings (SSSR count). The summed E-state index contributed by atoms with van der Waals surface area (Å²) in [4.78, 5) is 12.0. The lowest BCUT2D eigenvalue weighted by molar-refractivity contribution is -0.179. The maximum absolute atomic E-state index is 12.8. The zero-order valence-corrected chi connectivity index (χ0v) is 17.3. The Labute approximate surface area is 151 Å². The van der Waals surface area contributed by atoms with Gasteiger partial charge in [0.2, 0.25) is 6.29 Å². The molecule has 4 atom stereocenters. The second kappa shape index (κ2) is 8.00. The molecule has 138 valence electrons. The van der Waals surface area contributed by atoms with E-state index in [2.05, 4.69) is 36.7 Å². The van der Waals surface area contributed by atoms with Crippen LogP contribution in [-0.4, -0.2) is 32.6 Å². The van der Waals surface area contributed by atoms with Gasteiger partial charge in [-0.1, -0.05) is 27.2 Å². The predicted octanol–water partition coefficient (Wildman–Crippen LogP) is 4.44. The van der Waals surface area contributed by atoms with Gasteiger partial charge in [-0.3, -0.25) is 4.57 Å². The zero-order chi connectivity index (χ0) is 18.1. The summed E-state index contributed by atoms with van der Waals surface area (Å²) in [5.74, 6) is 0.737. The molecule has 0 saturated heterocycles. The van der Waals surface area contributed by atoms with Crippen LogP contribution in [0.1, 0.15) is 40.0 Å². The van der Waals surface area contributed by atoms with Crippen molar-refractivity contribution in [3.05, 3.63) is 9.80 Å². The minimum atomic E-state index is -3.64. The number of rotatable bonds is 6. The fourth-order valence-corrected chi connectivity index (χ4v) is 5.63. The van der Waals surface area contributed by atoms with Crippen LogP contribution in [0.25, 0.3) is 0 Å². The third-order valence-electron chi connectivity index (χ3n) is 4.88. The van der Waals surface area contributed by atoms with Crippen LogP contribution in [0.4, 0.5) is 0 Å². The fourth-order valence-electron chi connectivity index (χ4n) is 3.46. The van der Waals surface area contributed by atoms with Crippen molar-refractivity contribution in [3.63, 3.8) is 0 Å². The van der Waals surface area contributed by atoms with E-state index in [1.807, 2.05) is 0 Å². The standard InChI is InChI=1S/C16H26BrO6P/c1-9(2)11-7-6-10(3)8-12(11)22-16-14(13(17)15(18)23-16)24(19,20-4)21-5/h9-12,16H,6-8H2,1-5H3/t10-,11+,12-,16+/m1/s1. The van der Waals surface area contributed by atoms with Gasteiger partial charge in [0.05, 0.1) is 6.10 Å². The number of carbonyl (C=O) groups is 1. The molecule has 2 aliphatic rings. The first-order chi connectivity index (χ1) is 11.2. The minimum absolute atomic E-state index is 0.0597. The lowest BCUT2D eigenvalue weighted by Crippen LogP contribution is -2.37. The number of carbonyl (C=O) groups excluding carboxylic acids is 1. The van der Waals surface area contributed by atoms with Crippen LogP contribution in [0.2, 0.25) is 0 Å². The largest absolute Gasteiger partial charge is 0.427 e. The van der Waals surface area contributed by atoms with E-state index in [9.17, 15) is 9.36 Å². The molecule has 0 aromatic heterocycles. The van der Waals surface area contributed by atoms with Crippen molar-refractivity contribution >= 4 is 29.5 Å². The fraction of sp³-hybridized carbons (Fsp3) is 0.812. The van der Waals surface area contributed by atoms with Crippen LogP contribution in [0, 0.1) is 17.8 Å². The SMILES string of the molecule is COP(=O)(OC)C1=C(Br)C(=O)O[C@@H]1O[C@@H]1C[C@H](C)CC[C@H]1C(C)C. The third kappa shape index (κ3) is 3.96. The van der Waals surface area contributed by atoms with Crippen LogP contribution < -0.4 is 0 Å². The smallest absolute Gasteiger partial charge is 0.364 e. The van der Waals surface area contributed by atoms with E-state index in [-0.39, 0.29) is 15.9 Å². The van der Waals surface area contributed by atoms with Gasteiger partial charge < -0.3 is 18.5 Å². The van der Waals surface area contributed by atoms with E-state index < -0.39 is 19.9 Å². The van der Waals surface area contributed by atoms with Gasteiger partial charge in [-0.05, 0) is 46.5 Å². The van der Waals surface area contributed by atoms with Crippen molar-refractivity contribution in [1.82, 2.24) is 0 Å². The Morgan fingerprint density at radius 3 is 2.42 bits per heavy atom. The molecule has 0 aromatic rings. The third-order valence-corrected chi connectivity index (χ3v) is 7.92. The molecule has 1 fully saturated rings. The predicted molar refractivity (Wildman–Crippen MR) is 93.7 cm³/mol. The summed E-state index contributed by atoms with van der Waals surface area (Å²) < 4.78 is 34.4. The minimum Gasteiger partial charge on any atom is -0.427 e. The van der Waals surface area contributed by atoms with E-state index >= 15 is 0 Å². The molecule has 0 aromatic carbocycles. The molecular weight excluding hydrogens is 399 g/mol. The highest BCUT2D eigenvalue weighted by Gasteiger charge is 2.48. The second-order valence-electron chi connectivity index (χ2n) is 6.80. The van der Waals surface area contributed by atoms with Gasteiger partial charge in [0.15, 0.2) is 0 Å². The van der Waals surface area contributed by atoms with Crippen molar-refractivity contribution in [2.24, 2.45) is 17.8 Å². The van der Waals surface area contributed by atoms with Gasteiger partial charge in [0, 0.05) is 14.2 Å². The average Bonchev–Trinajstić information content (AvgIpc) is 2.81. The molecule has 8 heteroatoms. The molecule has 0 amide bonds. The monoisotopic (exact) mass is 424 g/mol. The maximum Gasteiger partial charge on any atom is 0.364 e. The van der Waals surface area contributed by atoms with Crippen molar-refractivity contribution in [2.75, 3.05) is 14.2 Å². The summed E-state index contributed by atoms with van der Waals surface area (Å²) in [6.45, 7) is 6.52. The van der Waals surface area contributed by atoms with Gasteiger partial charge >= 0.3 is 13.6 Å². The summed E-state index contributed by atoms with van der Waals surface area (Å²) in [6.07, 6.45) is 1.99. The topological polar surface area (TPSA) is 71.1 Å². The molecule has 1 heterocycles. The van der Waals surface area contributed by atoms with Crippen molar-refractivity contribution in [2.45, 2.75) is 52.4 Å². The number of ether oxygens (including phenoxy) is 2. The molecule has 1 aliphatic heterocycles. The summed E-state index contributed by atoms with van der Waals surface area (Å²) in [5.41, 5.74) is 0.